The molecule has 4 aromatic rings. The van der Waals surface area contributed by atoms with E-state index in [1.807, 2.05) is 0 Å². The molecule has 8 amide bonds. The van der Waals surface area contributed by atoms with Crippen molar-refractivity contribution in [3.63, 3.8) is 0 Å². The predicted molar refractivity (Wildman–Crippen MR) is 359 cm³/mol. The molecule has 10 atom stereocenters. The van der Waals surface area contributed by atoms with Crippen LogP contribution in [0.5, 0.6) is 0 Å². The molecule has 97 heavy (non-hydrogen) atoms. The maximum atomic E-state index is 15.0. The van der Waals surface area contributed by atoms with Gasteiger partial charge in [0.25, 0.3) is 0 Å². The molecular formula is C63H89N13O19S2. The molecule has 0 spiro atoms. The van der Waals surface area contributed by atoms with Crippen LogP contribution < -0.4 is 48.3 Å². The molecule has 0 aliphatic carbocycles. The number of rotatable bonds is 46. The molecule has 0 radical (unpaired) electrons. The highest BCUT2D eigenvalue weighted by Gasteiger charge is 2.36. The lowest BCUT2D eigenvalue weighted by atomic mass is 10.0. The van der Waals surface area contributed by atoms with Crippen LogP contribution in [0.2, 0.25) is 0 Å². The number of carbonyl (C=O) groups excluding carboxylic acids is 8. The van der Waals surface area contributed by atoms with E-state index >= 15 is 0 Å². The van der Waals surface area contributed by atoms with Crippen LogP contribution in [0.3, 0.4) is 0 Å². The van der Waals surface area contributed by atoms with Crippen LogP contribution in [0.4, 0.5) is 0 Å². The van der Waals surface area contributed by atoms with Crippen LogP contribution in [0, 0.1) is 0 Å². The highest BCUT2D eigenvalue weighted by atomic mass is 32.1. The molecular weight excluding hydrogens is 1310 g/mol. The van der Waals surface area contributed by atoms with E-state index in [2.05, 4.69) is 72.8 Å². The summed E-state index contributed by atoms with van der Waals surface area (Å²) in [7, 11) is 0. The van der Waals surface area contributed by atoms with Crippen molar-refractivity contribution < 1.29 is 93.3 Å². The first-order valence-electron chi connectivity index (χ1n) is 31.1. The summed E-state index contributed by atoms with van der Waals surface area (Å²) in [6, 6.07) is 12.2. The average molecular weight is 1400 g/mol. The topological polar surface area (TPSA) is 494 Å². The number of aromatic nitrogens is 1. The highest BCUT2D eigenvalue weighted by Crippen LogP contribution is 2.20. The van der Waals surface area contributed by atoms with Crippen molar-refractivity contribution in [2.75, 3.05) is 83.6 Å². The van der Waals surface area contributed by atoms with Crippen LogP contribution in [0.15, 0.2) is 91.1 Å². The van der Waals surface area contributed by atoms with E-state index in [1.165, 1.54) is 18.7 Å². The van der Waals surface area contributed by atoms with Crippen LogP contribution >= 0.6 is 25.3 Å². The van der Waals surface area contributed by atoms with Gasteiger partial charge in [-0.2, -0.15) is 25.3 Å². The minimum absolute atomic E-state index is 0.0749. The van der Waals surface area contributed by atoms with Crippen LogP contribution in [0.1, 0.15) is 49.8 Å². The third-order valence-electron chi connectivity index (χ3n) is 15.2. The fraction of sp³-hybridized carbons (Fsp3) is 0.492. The molecule has 0 aliphatic heterocycles. The molecule has 18 N–H and O–H groups in total. The quantitative estimate of drug-likeness (QED) is 0.0148. The number of carboxylic acids is 4. The van der Waals surface area contributed by atoms with Crippen LogP contribution in [-0.2, 0) is 76.8 Å². The van der Waals surface area contributed by atoms with Gasteiger partial charge in [-0.25, -0.2) is 0 Å². The predicted octanol–water partition coefficient (Wildman–Crippen LogP) is -3.94. The number of aromatic amines is 1. The molecule has 0 aliphatic rings. The van der Waals surface area contributed by atoms with Gasteiger partial charge in [0.2, 0.25) is 47.3 Å². The maximum Gasteiger partial charge on any atom is 0.317 e. The number of aliphatic hydroxyl groups excluding tert-OH is 3. The number of thiol groups is 2. The van der Waals surface area contributed by atoms with Gasteiger partial charge < -0.3 is 89.0 Å². The van der Waals surface area contributed by atoms with Crippen molar-refractivity contribution in [1.82, 2.24) is 62.2 Å². The number of unbranched alkanes of at least 4 members (excludes halogenated alkanes) is 1. The number of H-pyrrole nitrogens is 1. The number of amides is 8. The van der Waals surface area contributed by atoms with Gasteiger partial charge in [-0.15, -0.1) is 0 Å². The summed E-state index contributed by atoms with van der Waals surface area (Å²) in [5.74, 6) is -13.5. The van der Waals surface area contributed by atoms with Crippen molar-refractivity contribution in [3.05, 3.63) is 108 Å². The highest BCUT2D eigenvalue weighted by molar-refractivity contribution is 7.80. The average Bonchev–Trinajstić information content (AvgIpc) is 1.78. The van der Waals surface area contributed by atoms with Crippen molar-refractivity contribution in [2.45, 2.75) is 113 Å². The van der Waals surface area contributed by atoms with E-state index in [1.54, 1.807) is 91.1 Å². The van der Waals surface area contributed by atoms with E-state index in [9.17, 15) is 93.3 Å². The first-order valence-corrected chi connectivity index (χ1v) is 32.4. The minimum atomic E-state index is -1.73. The number of nitrogens with one attached hydrogen (secondary N) is 9. The third kappa shape index (κ3) is 28.9. The van der Waals surface area contributed by atoms with E-state index in [-0.39, 0.29) is 76.3 Å². The number of para-hydroxylation sites is 1. The third-order valence-corrected chi connectivity index (χ3v) is 16.0. The Labute approximate surface area is 570 Å². The molecule has 34 heteroatoms. The fourth-order valence-corrected chi connectivity index (χ4v) is 10.6. The number of carbonyl (C=O) groups is 12. The Morgan fingerprint density at radius 3 is 1.32 bits per heavy atom. The van der Waals surface area contributed by atoms with Gasteiger partial charge in [0.15, 0.2) is 0 Å². The van der Waals surface area contributed by atoms with Gasteiger partial charge in [-0.3, -0.25) is 72.2 Å². The number of nitrogens with two attached hydrogens (primary N) is 1. The van der Waals surface area contributed by atoms with Crippen molar-refractivity contribution >= 4 is 107 Å². The standard InChI is InChI=1S/C63H89N13O19S2/c1-37(78)48(34-77)70-62(94)50(36-97)72-63(95)56(38(2)79)73-57(89)44(19-11-12-20-64)67-60(92)47(27-41-28-65-43-18-10-9-17-42(41)43)69-59(91)46(26-40-15-7-4-8-16-40)68-61(93)49(35-96)71-58(90)45(25-39-13-5-3-6-14-39)66-51(80)29-74(21-23-75(30-52(81)82)31-53(83)84)22-24-76(32-54(85)86)33-55(87)88/h3-10,13-18,28,37-38,44-50,56,65,77-79,96-97H,11-12,19-27,29-36,64H2,1-2H3,(H,66,80)(H,67,92)(H,68,93)(H,69,91)(H,70,94)(H,71,90)(H,72,95)(H,73,89)(H,81,82)(H,83,84)(H,85,86)(H,87,88)/t37-,38-,44+,45-,46+,47-,48+,49+,50+,56+/m1/s1. The lowest BCUT2D eigenvalue weighted by Gasteiger charge is -2.29. The van der Waals surface area contributed by atoms with Crippen molar-refractivity contribution in [1.29, 1.82) is 0 Å². The second-order valence-corrected chi connectivity index (χ2v) is 23.8. The Morgan fingerprint density at radius 2 is 0.866 bits per heavy atom. The molecule has 3 aromatic carbocycles. The van der Waals surface area contributed by atoms with Gasteiger partial charge in [0.05, 0.1) is 57.6 Å². The molecule has 0 saturated heterocycles. The van der Waals surface area contributed by atoms with Crippen molar-refractivity contribution in [3.8, 4) is 0 Å². The van der Waals surface area contributed by atoms with E-state index in [0.717, 1.165) is 9.80 Å². The second kappa shape index (κ2) is 42.1. The summed E-state index contributed by atoms with van der Waals surface area (Å²) >= 11 is 8.54. The molecule has 4 rings (SSSR count). The second-order valence-electron chi connectivity index (χ2n) is 23.1. The summed E-state index contributed by atoms with van der Waals surface area (Å²) in [4.78, 5) is 167. The lowest BCUT2D eigenvalue weighted by molar-refractivity contribution is -0.143. The van der Waals surface area contributed by atoms with Crippen LogP contribution in [-0.4, -0.2) is 271 Å². The van der Waals surface area contributed by atoms with E-state index < -0.39 is 171 Å². The fourth-order valence-electron chi connectivity index (χ4n) is 10.1. The molecule has 532 valence electrons. The molecule has 1 aromatic heterocycles. The first-order chi connectivity index (χ1) is 46.1. The molecule has 1 heterocycles. The van der Waals surface area contributed by atoms with E-state index in [4.69, 9.17) is 5.73 Å². The summed E-state index contributed by atoms with van der Waals surface area (Å²) in [5, 5.41) is 89.7. The molecule has 0 unspecified atom stereocenters. The lowest BCUT2D eigenvalue weighted by Crippen LogP contribution is -2.62. The number of hydrogen-bond donors (Lipinski definition) is 19. The summed E-state index contributed by atoms with van der Waals surface area (Å²) < 4.78 is 0. The SMILES string of the molecule is C[C@@H](O)[C@H](CO)NC(=O)[C@H](CS)NC(=O)[C@@H](NC(=O)[C@H](CCCCN)NC(=O)[C@@H](Cc1c[nH]c2ccccc12)NC(=O)[C@H](Cc1ccccc1)NC(=O)[C@H](CS)NC(=O)[C@@H](Cc1ccccc1)NC(=O)CN(CCN(CC(=O)O)CC(=O)O)CCN(CC(=O)O)CC(=O)O)[C@@H](C)O. The van der Waals surface area contributed by atoms with Crippen molar-refractivity contribution in [2.24, 2.45) is 5.73 Å². The summed E-state index contributed by atoms with van der Waals surface area (Å²) in [5.41, 5.74) is 8.09. The van der Waals surface area contributed by atoms with Gasteiger partial charge in [-0.05, 0) is 62.4 Å². The Balaban J connectivity index is 1.67. The molecule has 0 bridgehead atoms. The molecule has 0 saturated carbocycles. The summed E-state index contributed by atoms with van der Waals surface area (Å²) in [6.45, 7) is -2.21. The van der Waals surface area contributed by atoms with Gasteiger partial charge in [-0.1, -0.05) is 78.9 Å². The number of fused-ring (bicyclic) bond motifs is 1. The number of benzene rings is 3. The number of carboxylic acid groups (broad SMARTS) is 4. The van der Waals surface area contributed by atoms with Gasteiger partial charge in [0.1, 0.15) is 42.3 Å². The van der Waals surface area contributed by atoms with Crippen LogP contribution in [0.25, 0.3) is 10.9 Å². The monoisotopic (exact) mass is 1400 g/mol. The zero-order valence-corrected chi connectivity index (χ0v) is 55.5. The number of aliphatic hydroxyl groups is 3. The Morgan fingerprint density at radius 1 is 0.464 bits per heavy atom. The summed E-state index contributed by atoms with van der Waals surface area (Å²) in [6.07, 6.45) is -1.18. The normalized spacial score (nSPS) is 14.5. The zero-order valence-electron chi connectivity index (χ0n) is 53.7. The van der Waals surface area contributed by atoms with Gasteiger partial charge >= 0.3 is 23.9 Å². The smallest absolute Gasteiger partial charge is 0.317 e. The number of nitrogens with zero attached hydrogens (tertiary/aromatic N) is 3. The van der Waals surface area contributed by atoms with Gasteiger partial charge in [0, 0.05) is 74.0 Å². The minimum Gasteiger partial charge on any atom is -0.480 e. The first kappa shape index (κ1) is 80.7. The Kier molecular flexibility index (Phi) is 35.0. The molecule has 0 fully saturated rings. The number of hydrogen-bond acceptors (Lipinski definition) is 21. The molecule has 32 nitrogen and oxygen atoms in total. The zero-order chi connectivity index (χ0) is 71.7. The van der Waals surface area contributed by atoms with E-state index in [0.29, 0.717) is 34.0 Å². The maximum absolute atomic E-state index is 15.0. The Bertz CT molecular complexity index is 3190. The Hall–Kier alpha value is -8.74. The number of aliphatic carboxylic acids is 4. The largest absolute Gasteiger partial charge is 0.480 e.